The largest absolute Gasteiger partial charge is 0.384 e. The Balaban J connectivity index is 2.38. The number of ketones is 1. The molecule has 0 fully saturated rings. The normalized spacial score (nSPS) is 20.0. The van der Waals surface area contributed by atoms with Gasteiger partial charge in [0.25, 0.3) is 0 Å². The Labute approximate surface area is 128 Å². The molecule has 1 aliphatic carbocycles. The zero-order valence-electron chi connectivity index (χ0n) is 13.9. The third-order valence-electron chi connectivity index (χ3n) is 4.69. The van der Waals surface area contributed by atoms with Gasteiger partial charge in [-0.2, -0.15) is 0 Å². The summed E-state index contributed by atoms with van der Waals surface area (Å²) in [6.07, 6.45) is 1.81. The predicted molar refractivity (Wildman–Crippen MR) is 90.5 cm³/mol. The highest BCUT2D eigenvalue weighted by Crippen LogP contribution is 2.38. The predicted octanol–water partition coefficient (Wildman–Crippen LogP) is 4.84. The van der Waals surface area contributed by atoms with Gasteiger partial charge in [0.1, 0.15) is 0 Å². The third kappa shape index (κ3) is 3.37. The Bertz CT molecular complexity index is 571. The molecule has 1 N–H and O–H groups in total. The fourth-order valence-corrected chi connectivity index (χ4v) is 2.81. The number of rotatable bonds is 5. The van der Waals surface area contributed by atoms with Crippen molar-refractivity contribution in [1.82, 2.24) is 0 Å². The molecule has 114 valence electrons. The molecule has 2 atom stereocenters. The SMILES string of the molecule is CCC(C)CNc1cc(C)ccc1C1=C(C)C(C)CC1=O. The quantitative estimate of drug-likeness (QED) is 0.839. The molecule has 21 heavy (non-hydrogen) atoms. The van der Waals surface area contributed by atoms with E-state index in [9.17, 15) is 4.79 Å². The van der Waals surface area contributed by atoms with Gasteiger partial charge in [0, 0.05) is 29.8 Å². The van der Waals surface area contributed by atoms with Crippen molar-refractivity contribution in [3.63, 3.8) is 0 Å². The van der Waals surface area contributed by atoms with Gasteiger partial charge in [-0.05, 0) is 37.3 Å². The second-order valence-corrected chi connectivity index (χ2v) is 6.53. The molecule has 2 heteroatoms. The maximum absolute atomic E-state index is 12.3. The molecule has 2 rings (SSSR count). The van der Waals surface area contributed by atoms with Crippen molar-refractivity contribution in [3.05, 3.63) is 34.9 Å². The summed E-state index contributed by atoms with van der Waals surface area (Å²) >= 11 is 0. The van der Waals surface area contributed by atoms with Crippen LogP contribution >= 0.6 is 0 Å². The molecule has 0 radical (unpaired) electrons. The Hall–Kier alpha value is -1.57. The van der Waals surface area contributed by atoms with E-state index in [1.165, 1.54) is 11.1 Å². The van der Waals surface area contributed by atoms with Gasteiger partial charge in [0.05, 0.1) is 0 Å². The lowest BCUT2D eigenvalue weighted by molar-refractivity contribution is -0.113. The van der Waals surface area contributed by atoms with Crippen molar-refractivity contribution in [3.8, 4) is 0 Å². The van der Waals surface area contributed by atoms with Crippen LogP contribution in [0.15, 0.2) is 23.8 Å². The average molecular weight is 285 g/mol. The highest BCUT2D eigenvalue weighted by molar-refractivity contribution is 6.25. The number of aryl methyl sites for hydroxylation is 1. The van der Waals surface area contributed by atoms with Crippen molar-refractivity contribution < 1.29 is 4.79 Å². The zero-order chi connectivity index (χ0) is 15.6. The number of hydrogen-bond acceptors (Lipinski definition) is 2. The summed E-state index contributed by atoms with van der Waals surface area (Å²) in [4.78, 5) is 12.3. The summed E-state index contributed by atoms with van der Waals surface area (Å²) in [7, 11) is 0. The van der Waals surface area contributed by atoms with Crippen LogP contribution in [0.3, 0.4) is 0 Å². The first-order chi connectivity index (χ1) is 9.93. The number of nitrogens with one attached hydrogen (secondary N) is 1. The maximum atomic E-state index is 12.3. The molecule has 0 spiro atoms. The van der Waals surface area contributed by atoms with E-state index >= 15 is 0 Å². The summed E-state index contributed by atoms with van der Waals surface area (Å²) in [6, 6.07) is 6.36. The molecule has 0 heterocycles. The first kappa shape index (κ1) is 15.8. The number of benzene rings is 1. The first-order valence-electron chi connectivity index (χ1n) is 8.02. The highest BCUT2D eigenvalue weighted by atomic mass is 16.1. The Kier molecular flexibility index (Phi) is 4.87. The van der Waals surface area contributed by atoms with Crippen molar-refractivity contribution in [2.45, 2.75) is 47.5 Å². The van der Waals surface area contributed by atoms with Gasteiger partial charge in [-0.3, -0.25) is 4.79 Å². The number of carbonyl (C=O) groups excluding carboxylic acids is 1. The molecule has 0 saturated heterocycles. The van der Waals surface area contributed by atoms with Gasteiger partial charge < -0.3 is 5.32 Å². The summed E-state index contributed by atoms with van der Waals surface area (Å²) in [5, 5.41) is 3.55. The van der Waals surface area contributed by atoms with E-state index in [1.54, 1.807) is 0 Å². The van der Waals surface area contributed by atoms with Crippen LogP contribution in [0.1, 0.15) is 51.7 Å². The van der Waals surface area contributed by atoms with Gasteiger partial charge in [0.2, 0.25) is 0 Å². The number of anilines is 1. The Morgan fingerprint density at radius 3 is 2.62 bits per heavy atom. The second-order valence-electron chi connectivity index (χ2n) is 6.53. The van der Waals surface area contributed by atoms with E-state index in [0.29, 0.717) is 18.3 Å². The molecule has 0 aromatic heterocycles. The molecule has 0 amide bonds. The number of hydrogen-bond donors (Lipinski definition) is 1. The van der Waals surface area contributed by atoms with Crippen LogP contribution in [0.2, 0.25) is 0 Å². The molecule has 0 saturated carbocycles. The molecule has 0 aliphatic heterocycles. The second kappa shape index (κ2) is 6.46. The molecule has 2 unspecified atom stereocenters. The van der Waals surface area contributed by atoms with Gasteiger partial charge >= 0.3 is 0 Å². The number of allylic oxidation sites excluding steroid dienone is 2. The number of carbonyl (C=O) groups is 1. The van der Waals surface area contributed by atoms with E-state index in [2.05, 4.69) is 58.1 Å². The van der Waals surface area contributed by atoms with Crippen LogP contribution in [0.25, 0.3) is 5.57 Å². The van der Waals surface area contributed by atoms with Gasteiger partial charge in [0.15, 0.2) is 5.78 Å². The average Bonchev–Trinajstić information content (AvgIpc) is 2.70. The fraction of sp³-hybridized carbons (Fsp3) is 0.526. The van der Waals surface area contributed by atoms with Gasteiger partial charge in [-0.15, -0.1) is 0 Å². The van der Waals surface area contributed by atoms with E-state index in [0.717, 1.165) is 29.8 Å². The molecular weight excluding hydrogens is 258 g/mol. The standard InChI is InChI=1S/C19H27NO/c1-6-12(2)11-20-17-9-13(3)7-8-16(17)19-15(5)14(4)10-18(19)21/h7-9,12,14,20H,6,10-11H2,1-5H3. The van der Waals surface area contributed by atoms with Crippen molar-refractivity contribution in [2.24, 2.45) is 11.8 Å². The highest BCUT2D eigenvalue weighted by Gasteiger charge is 2.28. The molecule has 2 nitrogen and oxygen atoms in total. The number of Topliss-reactive ketones (excluding diaryl/α,β-unsaturated/α-hetero) is 1. The fourth-order valence-electron chi connectivity index (χ4n) is 2.81. The summed E-state index contributed by atoms with van der Waals surface area (Å²) in [5.74, 6) is 1.29. The molecule has 1 aliphatic rings. The van der Waals surface area contributed by atoms with E-state index in [-0.39, 0.29) is 5.78 Å². The molecule has 0 bridgehead atoms. The van der Waals surface area contributed by atoms with Crippen LogP contribution in [0, 0.1) is 18.8 Å². The summed E-state index contributed by atoms with van der Waals surface area (Å²) in [5.41, 5.74) is 5.58. The maximum Gasteiger partial charge on any atom is 0.164 e. The minimum Gasteiger partial charge on any atom is -0.384 e. The monoisotopic (exact) mass is 285 g/mol. The lowest BCUT2D eigenvalue weighted by atomic mass is 9.97. The van der Waals surface area contributed by atoms with Crippen LogP contribution in [0.5, 0.6) is 0 Å². The Morgan fingerprint density at radius 2 is 2.05 bits per heavy atom. The Morgan fingerprint density at radius 1 is 1.33 bits per heavy atom. The van der Waals surface area contributed by atoms with Crippen molar-refractivity contribution >= 4 is 17.0 Å². The van der Waals surface area contributed by atoms with Crippen molar-refractivity contribution in [2.75, 3.05) is 11.9 Å². The third-order valence-corrected chi connectivity index (χ3v) is 4.69. The minimum atomic E-state index is 0.287. The van der Waals surface area contributed by atoms with Crippen LogP contribution in [-0.2, 0) is 4.79 Å². The van der Waals surface area contributed by atoms with E-state index in [1.807, 2.05) is 0 Å². The zero-order valence-corrected chi connectivity index (χ0v) is 13.9. The molecular formula is C19H27NO. The van der Waals surface area contributed by atoms with Crippen LogP contribution in [0.4, 0.5) is 5.69 Å². The summed E-state index contributed by atoms with van der Waals surface area (Å²) in [6.45, 7) is 11.7. The lowest BCUT2D eigenvalue weighted by Gasteiger charge is -2.17. The topological polar surface area (TPSA) is 29.1 Å². The minimum absolute atomic E-state index is 0.287. The van der Waals surface area contributed by atoms with E-state index in [4.69, 9.17) is 0 Å². The van der Waals surface area contributed by atoms with Gasteiger partial charge in [-0.1, -0.05) is 44.9 Å². The van der Waals surface area contributed by atoms with Crippen LogP contribution in [-0.4, -0.2) is 12.3 Å². The molecule has 1 aromatic carbocycles. The van der Waals surface area contributed by atoms with E-state index < -0.39 is 0 Å². The lowest BCUT2D eigenvalue weighted by Crippen LogP contribution is -2.12. The molecule has 1 aromatic rings. The first-order valence-corrected chi connectivity index (χ1v) is 8.02. The van der Waals surface area contributed by atoms with Gasteiger partial charge in [-0.25, -0.2) is 0 Å². The van der Waals surface area contributed by atoms with Crippen LogP contribution < -0.4 is 5.32 Å². The smallest absolute Gasteiger partial charge is 0.164 e. The summed E-state index contributed by atoms with van der Waals surface area (Å²) < 4.78 is 0. The van der Waals surface area contributed by atoms with Crippen molar-refractivity contribution in [1.29, 1.82) is 0 Å².